The Morgan fingerprint density at radius 3 is 1.45 bits per heavy atom. The van der Waals surface area contributed by atoms with Gasteiger partial charge in [-0.15, -0.1) is 0 Å². The highest BCUT2D eigenvalue weighted by molar-refractivity contribution is 5.86. The third-order valence-corrected chi connectivity index (χ3v) is 6.26. The zero-order valence-corrected chi connectivity index (χ0v) is 23.0. The van der Waals surface area contributed by atoms with E-state index in [0.29, 0.717) is 34.5 Å². The van der Waals surface area contributed by atoms with Crippen LogP contribution in [0.1, 0.15) is 0 Å². The molecule has 2 N–H and O–H groups in total. The van der Waals surface area contributed by atoms with E-state index in [2.05, 4.69) is 4.98 Å². The molecular formula is C29H34N4O5. The van der Waals surface area contributed by atoms with E-state index in [0.717, 1.165) is 33.8 Å². The molecule has 1 aromatic heterocycles. The van der Waals surface area contributed by atoms with Gasteiger partial charge in [0.05, 0.1) is 39.8 Å². The van der Waals surface area contributed by atoms with Gasteiger partial charge in [-0.2, -0.15) is 0 Å². The first-order chi connectivity index (χ1) is 18.2. The van der Waals surface area contributed by atoms with Crippen molar-refractivity contribution < 1.29 is 24.1 Å². The van der Waals surface area contributed by atoms with Gasteiger partial charge in [-0.3, -0.25) is 0 Å². The first-order valence-corrected chi connectivity index (χ1v) is 12.0. The topological polar surface area (TPSA) is 92.3 Å². The number of rotatable bonds is 9. The Morgan fingerprint density at radius 1 is 0.632 bits per heavy atom. The Hall–Kier alpha value is -4.53. The highest BCUT2D eigenvalue weighted by Gasteiger charge is 2.22. The van der Waals surface area contributed by atoms with E-state index in [1.165, 1.54) is 0 Å². The molecule has 0 aliphatic heterocycles. The Morgan fingerprint density at radius 2 is 1.05 bits per heavy atom. The van der Waals surface area contributed by atoms with E-state index in [1.54, 1.807) is 40.6 Å². The van der Waals surface area contributed by atoms with Crippen molar-refractivity contribution in [2.45, 2.75) is 0 Å². The van der Waals surface area contributed by atoms with Crippen molar-refractivity contribution in [1.82, 2.24) is 9.97 Å². The van der Waals surface area contributed by atoms with Gasteiger partial charge in [0, 0.05) is 44.9 Å². The molecule has 0 saturated carbocycles. The molecule has 0 fully saturated rings. The van der Waals surface area contributed by atoms with Crippen molar-refractivity contribution in [3.8, 4) is 62.7 Å². The second-order valence-electron chi connectivity index (χ2n) is 9.10. The van der Waals surface area contributed by atoms with Crippen molar-refractivity contribution in [3.05, 3.63) is 48.5 Å². The van der Waals surface area contributed by atoms with E-state index >= 15 is 0 Å². The standard InChI is InChI=1S/C29H34N4O5/c1-32(2)27-21(35-5)13-18(14-22(27)36-6)26-25(17-9-11-20(34)12-10-17)30-29(31-26)19-15-23(37-7)28(33(3)4)24(16-19)38-8/h9-16,34H,1-8H3,(H,30,31). The number of methoxy groups -OCH3 is 4. The molecule has 0 spiro atoms. The number of phenolic OH excluding ortho intramolecular Hbond substituents is 1. The number of imidazole rings is 1. The molecule has 0 saturated heterocycles. The summed E-state index contributed by atoms with van der Waals surface area (Å²) in [4.78, 5) is 12.4. The first-order valence-electron chi connectivity index (χ1n) is 12.0. The van der Waals surface area contributed by atoms with Crippen LogP contribution in [0.4, 0.5) is 11.4 Å². The number of aromatic nitrogens is 2. The number of nitrogens with one attached hydrogen (secondary N) is 1. The van der Waals surface area contributed by atoms with Crippen molar-refractivity contribution in [2.24, 2.45) is 0 Å². The highest BCUT2D eigenvalue weighted by Crippen LogP contribution is 2.45. The fraction of sp³-hybridized carbons (Fsp3) is 0.276. The lowest BCUT2D eigenvalue weighted by Gasteiger charge is -2.21. The SMILES string of the molecule is COc1cc(-c2nc(-c3cc(OC)c(N(C)C)c(OC)c3)c(-c3ccc(O)cc3)[nH]2)cc(OC)c1N(C)C. The van der Waals surface area contributed by atoms with E-state index in [1.807, 2.05) is 74.4 Å². The van der Waals surface area contributed by atoms with Crippen molar-refractivity contribution in [1.29, 1.82) is 0 Å². The Labute approximate surface area is 223 Å². The van der Waals surface area contributed by atoms with Crippen LogP contribution in [0.2, 0.25) is 0 Å². The molecule has 4 aromatic rings. The van der Waals surface area contributed by atoms with Gasteiger partial charge in [-0.05, 0) is 48.5 Å². The monoisotopic (exact) mass is 518 g/mol. The van der Waals surface area contributed by atoms with Crippen LogP contribution in [0, 0.1) is 0 Å². The molecule has 0 unspecified atom stereocenters. The van der Waals surface area contributed by atoms with Gasteiger partial charge in [0.2, 0.25) is 0 Å². The van der Waals surface area contributed by atoms with Crippen LogP contribution in [-0.4, -0.2) is 71.7 Å². The summed E-state index contributed by atoms with van der Waals surface area (Å²) in [5.41, 5.74) is 5.58. The predicted molar refractivity (Wildman–Crippen MR) is 151 cm³/mol. The van der Waals surface area contributed by atoms with Gasteiger partial charge in [0.15, 0.2) is 0 Å². The predicted octanol–water partition coefficient (Wildman–Crippen LogP) is 5.28. The van der Waals surface area contributed by atoms with E-state index in [9.17, 15) is 5.11 Å². The summed E-state index contributed by atoms with van der Waals surface area (Å²) in [6, 6.07) is 14.7. The van der Waals surface area contributed by atoms with Crippen LogP contribution >= 0.6 is 0 Å². The average molecular weight is 519 g/mol. The summed E-state index contributed by atoms with van der Waals surface area (Å²) in [5.74, 6) is 3.44. The van der Waals surface area contributed by atoms with Gasteiger partial charge < -0.3 is 38.8 Å². The molecule has 0 bridgehead atoms. The number of nitrogens with zero attached hydrogens (tertiary/aromatic N) is 3. The minimum absolute atomic E-state index is 0.183. The van der Waals surface area contributed by atoms with Gasteiger partial charge in [-0.1, -0.05) is 0 Å². The fourth-order valence-electron chi connectivity index (χ4n) is 4.50. The molecule has 9 nitrogen and oxygen atoms in total. The second kappa shape index (κ2) is 10.8. The van der Waals surface area contributed by atoms with Crippen LogP contribution in [0.25, 0.3) is 33.9 Å². The van der Waals surface area contributed by atoms with Crippen LogP contribution in [0.5, 0.6) is 28.7 Å². The lowest BCUT2D eigenvalue weighted by Crippen LogP contribution is -2.12. The number of hydrogen-bond acceptors (Lipinski definition) is 8. The summed E-state index contributed by atoms with van der Waals surface area (Å²) < 4.78 is 22.9. The number of phenols is 1. The Kier molecular flexibility index (Phi) is 7.57. The lowest BCUT2D eigenvalue weighted by molar-refractivity contribution is 0.395. The molecule has 3 aromatic carbocycles. The summed E-state index contributed by atoms with van der Waals surface area (Å²) in [6.07, 6.45) is 0. The minimum atomic E-state index is 0.183. The highest BCUT2D eigenvalue weighted by atomic mass is 16.5. The third-order valence-electron chi connectivity index (χ3n) is 6.26. The summed E-state index contributed by atoms with van der Waals surface area (Å²) in [7, 11) is 14.3. The number of benzene rings is 3. The van der Waals surface area contributed by atoms with Crippen molar-refractivity contribution in [2.75, 3.05) is 66.4 Å². The number of hydrogen-bond donors (Lipinski definition) is 2. The molecular weight excluding hydrogens is 484 g/mol. The van der Waals surface area contributed by atoms with Crippen LogP contribution in [0.3, 0.4) is 0 Å². The zero-order valence-electron chi connectivity index (χ0n) is 23.0. The Bertz CT molecular complexity index is 1380. The maximum absolute atomic E-state index is 9.88. The smallest absolute Gasteiger partial charge is 0.146 e. The van der Waals surface area contributed by atoms with Crippen LogP contribution < -0.4 is 28.7 Å². The molecule has 1 heterocycles. The molecule has 4 rings (SSSR count). The fourth-order valence-corrected chi connectivity index (χ4v) is 4.50. The van der Waals surface area contributed by atoms with Crippen LogP contribution in [-0.2, 0) is 0 Å². The average Bonchev–Trinajstić information content (AvgIpc) is 3.37. The van der Waals surface area contributed by atoms with E-state index < -0.39 is 0 Å². The van der Waals surface area contributed by atoms with Gasteiger partial charge >= 0.3 is 0 Å². The zero-order chi connectivity index (χ0) is 27.6. The number of aromatic amines is 1. The molecule has 0 radical (unpaired) electrons. The molecule has 9 heteroatoms. The molecule has 0 aliphatic carbocycles. The number of H-pyrrole nitrogens is 1. The maximum atomic E-state index is 9.88. The van der Waals surface area contributed by atoms with Crippen LogP contribution in [0.15, 0.2) is 48.5 Å². The normalized spacial score (nSPS) is 10.7. The number of ether oxygens (including phenoxy) is 4. The van der Waals surface area contributed by atoms with Gasteiger partial charge in [0.1, 0.15) is 45.9 Å². The summed E-state index contributed by atoms with van der Waals surface area (Å²) in [5, 5.41) is 9.88. The quantitative estimate of drug-likeness (QED) is 0.309. The largest absolute Gasteiger partial charge is 0.508 e. The molecule has 0 aliphatic rings. The van der Waals surface area contributed by atoms with Gasteiger partial charge in [-0.25, -0.2) is 4.98 Å². The number of anilines is 2. The summed E-state index contributed by atoms with van der Waals surface area (Å²) >= 11 is 0. The second-order valence-corrected chi connectivity index (χ2v) is 9.10. The molecule has 38 heavy (non-hydrogen) atoms. The van der Waals surface area contributed by atoms with E-state index in [4.69, 9.17) is 23.9 Å². The molecule has 200 valence electrons. The first kappa shape index (κ1) is 26.5. The van der Waals surface area contributed by atoms with Gasteiger partial charge in [0.25, 0.3) is 0 Å². The minimum Gasteiger partial charge on any atom is -0.508 e. The Balaban J connectivity index is 1.99. The van der Waals surface area contributed by atoms with Crippen molar-refractivity contribution in [3.63, 3.8) is 0 Å². The third kappa shape index (κ3) is 4.87. The molecule has 0 atom stereocenters. The summed E-state index contributed by atoms with van der Waals surface area (Å²) in [6.45, 7) is 0. The van der Waals surface area contributed by atoms with Crippen molar-refractivity contribution >= 4 is 11.4 Å². The maximum Gasteiger partial charge on any atom is 0.146 e. The number of aromatic hydroxyl groups is 1. The molecule has 0 amide bonds. The lowest BCUT2D eigenvalue weighted by atomic mass is 10.0. The van der Waals surface area contributed by atoms with E-state index in [-0.39, 0.29) is 5.75 Å².